The summed E-state index contributed by atoms with van der Waals surface area (Å²) in [6, 6.07) is 20.0. The van der Waals surface area contributed by atoms with Crippen LogP contribution in [0.1, 0.15) is 10.9 Å². The number of hydrogen-bond acceptors (Lipinski definition) is 3. The number of rotatable bonds is 4. The Morgan fingerprint density at radius 2 is 1.76 bits per heavy atom. The van der Waals surface area contributed by atoms with Gasteiger partial charge in [0.2, 0.25) is 0 Å². The van der Waals surface area contributed by atoms with Crippen LogP contribution in [0.15, 0.2) is 72.8 Å². The topological polar surface area (TPSA) is 41.6 Å². The van der Waals surface area contributed by atoms with E-state index in [1.807, 2.05) is 54.6 Å². The molecule has 7 heteroatoms. The predicted octanol–water partition coefficient (Wildman–Crippen LogP) is 6.04. The number of benzene rings is 3. The molecule has 1 atom stereocenters. The van der Waals surface area contributed by atoms with Gasteiger partial charge in [0, 0.05) is 24.1 Å². The summed E-state index contributed by atoms with van der Waals surface area (Å²) < 4.78 is 32.4. The third kappa shape index (κ3) is 4.51. The number of hydrogen-bond donors (Lipinski definition) is 1. The number of ether oxygens (including phenoxy) is 1. The standard InChI is InChI=1S/C22H18F2N2O2S/c23-19-10-9-16(14-20(19)24)25-22(27)26-11-12-29-21(26)15-5-4-8-18(13-15)28-17-6-2-1-3-7-17/h1-10,13-14,21H,11-12H2,(H,25,27)/t21-/m0/s1. The molecule has 2 amide bonds. The molecule has 1 aliphatic heterocycles. The first-order valence-electron chi connectivity index (χ1n) is 9.07. The Morgan fingerprint density at radius 1 is 0.966 bits per heavy atom. The summed E-state index contributed by atoms with van der Waals surface area (Å²) in [6.45, 7) is 0.550. The summed E-state index contributed by atoms with van der Waals surface area (Å²) in [5.41, 5.74) is 1.15. The van der Waals surface area contributed by atoms with Gasteiger partial charge in [-0.2, -0.15) is 0 Å². The quantitative estimate of drug-likeness (QED) is 0.568. The average molecular weight is 412 g/mol. The van der Waals surface area contributed by atoms with E-state index in [0.717, 1.165) is 29.2 Å². The highest BCUT2D eigenvalue weighted by Gasteiger charge is 2.31. The first kappa shape index (κ1) is 19.3. The second-order valence-corrected chi connectivity index (χ2v) is 7.65. The maximum absolute atomic E-state index is 13.4. The Balaban J connectivity index is 1.49. The molecule has 0 unspecified atom stereocenters. The van der Waals surface area contributed by atoms with Crippen molar-refractivity contribution in [3.05, 3.63) is 90.0 Å². The van der Waals surface area contributed by atoms with E-state index in [-0.39, 0.29) is 17.1 Å². The van der Waals surface area contributed by atoms with Crippen molar-refractivity contribution in [2.45, 2.75) is 5.37 Å². The number of amides is 2. The zero-order valence-electron chi connectivity index (χ0n) is 15.3. The summed E-state index contributed by atoms with van der Waals surface area (Å²) in [4.78, 5) is 14.4. The Bertz CT molecular complexity index is 1020. The minimum atomic E-state index is -0.999. The fourth-order valence-electron chi connectivity index (χ4n) is 3.08. The molecule has 0 aliphatic carbocycles. The fraction of sp³-hybridized carbons (Fsp3) is 0.136. The van der Waals surface area contributed by atoms with E-state index < -0.39 is 11.6 Å². The molecule has 29 heavy (non-hydrogen) atoms. The summed E-state index contributed by atoms with van der Waals surface area (Å²) in [5.74, 6) is 0.243. The van der Waals surface area contributed by atoms with Gasteiger partial charge in [0.15, 0.2) is 11.6 Å². The first-order valence-corrected chi connectivity index (χ1v) is 10.1. The molecule has 4 rings (SSSR count). The van der Waals surface area contributed by atoms with Crippen LogP contribution in [0, 0.1) is 11.6 Å². The molecule has 3 aromatic carbocycles. The monoisotopic (exact) mass is 412 g/mol. The molecule has 0 spiro atoms. The van der Waals surface area contributed by atoms with Crippen LogP contribution < -0.4 is 10.1 Å². The van der Waals surface area contributed by atoms with E-state index in [9.17, 15) is 13.6 Å². The maximum atomic E-state index is 13.4. The zero-order chi connectivity index (χ0) is 20.2. The molecule has 1 fully saturated rings. The number of anilines is 1. The summed E-state index contributed by atoms with van der Waals surface area (Å²) in [6.07, 6.45) is 0. The molecular formula is C22H18F2N2O2S. The fourth-order valence-corrected chi connectivity index (χ4v) is 4.33. The van der Waals surface area contributed by atoms with E-state index in [4.69, 9.17) is 4.74 Å². The van der Waals surface area contributed by atoms with Crippen molar-refractivity contribution in [2.75, 3.05) is 17.6 Å². The Morgan fingerprint density at radius 3 is 2.55 bits per heavy atom. The smallest absolute Gasteiger partial charge is 0.323 e. The van der Waals surface area contributed by atoms with E-state index in [1.165, 1.54) is 6.07 Å². The van der Waals surface area contributed by atoms with E-state index in [0.29, 0.717) is 12.3 Å². The van der Waals surface area contributed by atoms with Gasteiger partial charge in [-0.05, 0) is 42.0 Å². The van der Waals surface area contributed by atoms with Crippen LogP contribution in [-0.4, -0.2) is 23.2 Å². The van der Waals surface area contributed by atoms with Crippen molar-refractivity contribution >= 4 is 23.5 Å². The Labute approximate surface area is 171 Å². The minimum Gasteiger partial charge on any atom is -0.457 e. The van der Waals surface area contributed by atoms with Crippen LogP contribution in [-0.2, 0) is 0 Å². The van der Waals surface area contributed by atoms with Gasteiger partial charge in [0.05, 0.1) is 0 Å². The van der Waals surface area contributed by atoms with Crippen LogP contribution in [0.3, 0.4) is 0 Å². The highest BCUT2D eigenvalue weighted by molar-refractivity contribution is 7.99. The molecule has 3 aromatic rings. The van der Waals surface area contributed by atoms with E-state index in [1.54, 1.807) is 16.7 Å². The van der Waals surface area contributed by atoms with Crippen LogP contribution >= 0.6 is 11.8 Å². The van der Waals surface area contributed by atoms with Crippen LogP contribution in [0.4, 0.5) is 19.3 Å². The molecule has 1 aliphatic rings. The lowest BCUT2D eigenvalue weighted by atomic mass is 10.2. The van der Waals surface area contributed by atoms with Crippen LogP contribution in [0.2, 0.25) is 0 Å². The lowest BCUT2D eigenvalue weighted by Gasteiger charge is -2.24. The van der Waals surface area contributed by atoms with Crippen molar-refractivity contribution in [2.24, 2.45) is 0 Å². The third-order valence-electron chi connectivity index (χ3n) is 4.44. The minimum absolute atomic E-state index is 0.195. The molecular weight excluding hydrogens is 394 g/mol. The highest BCUT2D eigenvalue weighted by Crippen LogP contribution is 2.39. The average Bonchev–Trinajstić information content (AvgIpc) is 3.22. The summed E-state index contributed by atoms with van der Waals surface area (Å²) in [7, 11) is 0. The van der Waals surface area contributed by atoms with Gasteiger partial charge in [0.1, 0.15) is 16.9 Å². The number of carbonyl (C=O) groups excluding carboxylic acids is 1. The Hall–Kier alpha value is -3.06. The van der Waals surface area contributed by atoms with Gasteiger partial charge in [-0.1, -0.05) is 30.3 Å². The maximum Gasteiger partial charge on any atom is 0.323 e. The van der Waals surface area contributed by atoms with E-state index >= 15 is 0 Å². The molecule has 0 radical (unpaired) electrons. The number of halogens is 2. The number of nitrogens with one attached hydrogen (secondary N) is 1. The van der Waals surface area contributed by atoms with Gasteiger partial charge >= 0.3 is 6.03 Å². The van der Waals surface area contributed by atoms with Gasteiger partial charge in [-0.3, -0.25) is 0 Å². The largest absolute Gasteiger partial charge is 0.457 e. The summed E-state index contributed by atoms with van der Waals surface area (Å²) >= 11 is 1.64. The van der Waals surface area contributed by atoms with Crippen molar-refractivity contribution in [1.29, 1.82) is 0 Å². The molecule has 1 N–H and O–H groups in total. The number of para-hydroxylation sites is 1. The number of nitrogens with zero attached hydrogens (tertiary/aromatic N) is 1. The lowest BCUT2D eigenvalue weighted by Crippen LogP contribution is -2.34. The van der Waals surface area contributed by atoms with Gasteiger partial charge in [-0.15, -0.1) is 11.8 Å². The van der Waals surface area contributed by atoms with Gasteiger partial charge < -0.3 is 15.0 Å². The second kappa shape index (κ2) is 8.53. The molecule has 0 saturated carbocycles. The van der Waals surface area contributed by atoms with Crippen molar-refractivity contribution in [3.8, 4) is 11.5 Å². The molecule has 1 saturated heterocycles. The Kier molecular flexibility index (Phi) is 5.67. The van der Waals surface area contributed by atoms with Crippen molar-refractivity contribution < 1.29 is 18.3 Å². The van der Waals surface area contributed by atoms with Crippen LogP contribution in [0.5, 0.6) is 11.5 Å². The van der Waals surface area contributed by atoms with Crippen molar-refractivity contribution in [1.82, 2.24) is 4.90 Å². The SMILES string of the molecule is O=C(Nc1ccc(F)c(F)c1)N1CCS[C@H]1c1cccc(Oc2ccccc2)c1. The predicted molar refractivity (Wildman–Crippen MR) is 110 cm³/mol. The first-order chi connectivity index (χ1) is 14.1. The molecule has 1 heterocycles. The summed E-state index contributed by atoms with van der Waals surface area (Å²) in [5, 5.41) is 2.45. The van der Waals surface area contributed by atoms with Gasteiger partial charge in [0.25, 0.3) is 0 Å². The molecule has 148 valence electrons. The van der Waals surface area contributed by atoms with Gasteiger partial charge in [-0.25, -0.2) is 13.6 Å². The zero-order valence-corrected chi connectivity index (χ0v) is 16.2. The number of carbonyl (C=O) groups is 1. The number of thioether (sulfide) groups is 1. The second-order valence-electron chi connectivity index (χ2n) is 6.46. The number of urea groups is 1. The van der Waals surface area contributed by atoms with E-state index in [2.05, 4.69) is 5.32 Å². The normalized spacial score (nSPS) is 15.9. The third-order valence-corrected chi connectivity index (χ3v) is 5.71. The molecule has 0 bridgehead atoms. The van der Waals surface area contributed by atoms with Crippen molar-refractivity contribution in [3.63, 3.8) is 0 Å². The highest BCUT2D eigenvalue weighted by atomic mass is 32.2. The van der Waals surface area contributed by atoms with Crippen LogP contribution in [0.25, 0.3) is 0 Å². The molecule has 0 aromatic heterocycles. The lowest BCUT2D eigenvalue weighted by molar-refractivity contribution is 0.214. The molecule has 4 nitrogen and oxygen atoms in total.